The van der Waals surface area contributed by atoms with Gasteiger partial charge in [-0.2, -0.15) is 0 Å². The van der Waals surface area contributed by atoms with Crippen molar-refractivity contribution in [2.75, 3.05) is 30.4 Å². The number of halogens is 3. The van der Waals surface area contributed by atoms with Crippen LogP contribution in [0.1, 0.15) is 32.1 Å². The van der Waals surface area contributed by atoms with Crippen LogP contribution in [-0.2, 0) is 4.79 Å². The lowest BCUT2D eigenvalue weighted by atomic mass is 9.69. The third kappa shape index (κ3) is 5.98. The van der Waals surface area contributed by atoms with Crippen molar-refractivity contribution in [1.29, 1.82) is 0 Å². The molecule has 3 heterocycles. The summed E-state index contributed by atoms with van der Waals surface area (Å²) in [5, 5.41) is 5.81. The highest BCUT2D eigenvalue weighted by Gasteiger charge is 2.44. The van der Waals surface area contributed by atoms with Gasteiger partial charge in [0.15, 0.2) is 5.82 Å². The molecule has 2 aromatic heterocycles. The zero-order valence-corrected chi connectivity index (χ0v) is 21.0. The first-order chi connectivity index (χ1) is 18.2. The van der Waals surface area contributed by atoms with Crippen LogP contribution in [0.2, 0.25) is 0 Å². The number of carbonyl (C=O) groups is 1. The molecule has 5 rings (SSSR count). The van der Waals surface area contributed by atoms with Crippen molar-refractivity contribution in [2.45, 2.75) is 38.5 Å². The molecule has 1 spiro atoms. The summed E-state index contributed by atoms with van der Waals surface area (Å²) in [5.74, 6) is 1.51. The molecule has 2 aliphatic rings. The van der Waals surface area contributed by atoms with Crippen LogP contribution in [0.25, 0.3) is 11.4 Å². The maximum Gasteiger partial charge on any atom is 0.573 e. The SMILES string of the molecule is CNC(=O)C1CCCC2(CCN(c3cc(Nc4cc(OC(F)(F)F)ccn4)nc(-c4ccccc4)n3)C2)C1. The van der Waals surface area contributed by atoms with E-state index in [1.165, 1.54) is 12.3 Å². The second kappa shape index (κ2) is 10.5. The van der Waals surface area contributed by atoms with E-state index in [2.05, 4.69) is 30.2 Å². The summed E-state index contributed by atoms with van der Waals surface area (Å²) in [6.45, 7) is 1.57. The Morgan fingerprint density at radius 3 is 2.68 bits per heavy atom. The van der Waals surface area contributed by atoms with E-state index in [0.29, 0.717) is 17.5 Å². The number of hydrogen-bond acceptors (Lipinski definition) is 7. The van der Waals surface area contributed by atoms with Crippen molar-refractivity contribution in [2.24, 2.45) is 11.3 Å². The Morgan fingerprint density at radius 2 is 1.92 bits per heavy atom. The van der Waals surface area contributed by atoms with E-state index in [-0.39, 0.29) is 28.8 Å². The average molecular weight is 527 g/mol. The monoisotopic (exact) mass is 526 g/mol. The minimum atomic E-state index is -4.80. The first-order valence-electron chi connectivity index (χ1n) is 12.6. The van der Waals surface area contributed by atoms with Gasteiger partial charge in [-0.05, 0) is 37.2 Å². The van der Waals surface area contributed by atoms with Crippen LogP contribution in [0.4, 0.5) is 30.6 Å². The van der Waals surface area contributed by atoms with Gasteiger partial charge in [0.25, 0.3) is 0 Å². The summed E-state index contributed by atoms with van der Waals surface area (Å²) in [7, 11) is 1.69. The Balaban J connectivity index is 1.43. The van der Waals surface area contributed by atoms with Gasteiger partial charge in [-0.25, -0.2) is 15.0 Å². The van der Waals surface area contributed by atoms with Crippen LogP contribution in [0.3, 0.4) is 0 Å². The molecule has 1 saturated heterocycles. The van der Waals surface area contributed by atoms with Crippen molar-refractivity contribution >= 4 is 23.4 Å². The molecule has 3 aromatic rings. The quantitative estimate of drug-likeness (QED) is 0.450. The fourth-order valence-corrected chi connectivity index (χ4v) is 5.56. The number of rotatable bonds is 6. The number of nitrogens with zero attached hydrogens (tertiary/aromatic N) is 4. The summed E-state index contributed by atoms with van der Waals surface area (Å²) in [5.41, 5.74) is 0.858. The zero-order valence-electron chi connectivity index (χ0n) is 21.0. The first-order valence-corrected chi connectivity index (χ1v) is 12.6. The second-order valence-electron chi connectivity index (χ2n) is 9.93. The normalized spacial score (nSPS) is 21.4. The molecule has 200 valence electrons. The highest BCUT2D eigenvalue weighted by Crippen LogP contribution is 2.47. The standard InChI is InChI=1S/C27H29F3N6O2/c1-31-25(37)19-8-5-10-26(16-19)11-13-36(17-26)23-15-22(34-24(35-23)18-6-3-2-4-7-18)33-21-14-20(9-12-32-21)38-27(28,29)30/h2-4,6-7,9,12,14-15,19H,5,8,10-11,13,16-17H2,1H3,(H,31,37)(H,32,33,34,35). The van der Waals surface area contributed by atoms with Gasteiger partial charge in [0.2, 0.25) is 5.91 Å². The van der Waals surface area contributed by atoms with E-state index in [4.69, 9.17) is 4.98 Å². The number of amides is 1. The summed E-state index contributed by atoms with van der Waals surface area (Å²) < 4.78 is 42.1. The Labute approximate surface area is 218 Å². The Morgan fingerprint density at radius 1 is 1.11 bits per heavy atom. The van der Waals surface area contributed by atoms with E-state index < -0.39 is 6.36 Å². The number of pyridine rings is 1. The van der Waals surface area contributed by atoms with Crippen molar-refractivity contribution in [3.63, 3.8) is 0 Å². The minimum Gasteiger partial charge on any atom is -0.406 e. The average Bonchev–Trinajstić information content (AvgIpc) is 3.30. The van der Waals surface area contributed by atoms with E-state index in [0.717, 1.165) is 56.8 Å². The van der Waals surface area contributed by atoms with Gasteiger partial charge in [0.05, 0.1) is 0 Å². The van der Waals surface area contributed by atoms with Gasteiger partial charge in [0.1, 0.15) is 23.2 Å². The van der Waals surface area contributed by atoms with Crippen LogP contribution in [0.5, 0.6) is 5.75 Å². The maximum atomic E-state index is 12.7. The number of nitrogens with one attached hydrogen (secondary N) is 2. The molecule has 1 aliphatic heterocycles. The predicted octanol–water partition coefficient (Wildman–Crippen LogP) is 5.31. The predicted molar refractivity (Wildman–Crippen MR) is 137 cm³/mol. The van der Waals surface area contributed by atoms with Crippen LogP contribution in [0.15, 0.2) is 54.7 Å². The van der Waals surface area contributed by atoms with E-state index in [1.807, 2.05) is 30.3 Å². The fourth-order valence-electron chi connectivity index (χ4n) is 5.56. The Hall–Kier alpha value is -3.89. The largest absolute Gasteiger partial charge is 0.573 e. The Kier molecular flexibility index (Phi) is 7.09. The van der Waals surface area contributed by atoms with Crippen LogP contribution in [0, 0.1) is 11.3 Å². The molecule has 1 saturated carbocycles. The first kappa shape index (κ1) is 25.7. The molecule has 2 N–H and O–H groups in total. The van der Waals surface area contributed by atoms with Crippen molar-refractivity contribution in [1.82, 2.24) is 20.3 Å². The topological polar surface area (TPSA) is 92.3 Å². The molecule has 0 bridgehead atoms. The molecule has 38 heavy (non-hydrogen) atoms. The van der Waals surface area contributed by atoms with E-state index in [9.17, 15) is 18.0 Å². The summed E-state index contributed by atoms with van der Waals surface area (Å²) >= 11 is 0. The fraction of sp³-hybridized carbons (Fsp3) is 0.407. The van der Waals surface area contributed by atoms with Gasteiger partial charge in [-0.3, -0.25) is 4.79 Å². The summed E-state index contributed by atoms with van der Waals surface area (Å²) in [6, 6.07) is 13.6. The highest BCUT2D eigenvalue weighted by atomic mass is 19.4. The van der Waals surface area contributed by atoms with Crippen LogP contribution < -0.4 is 20.3 Å². The van der Waals surface area contributed by atoms with Crippen molar-refractivity contribution < 1.29 is 22.7 Å². The van der Waals surface area contributed by atoms with Gasteiger partial charge in [-0.15, -0.1) is 13.2 Å². The molecule has 8 nitrogen and oxygen atoms in total. The van der Waals surface area contributed by atoms with Gasteiger partial charge in [-0.1, -0.05) is 36.8 Å². The van der Waals surface area contributed by atoms with Crippen LogP contribution >= 0.6 is 0 Å². The zero-order chi connectivity index (χ0) is 26.8. The maximum absolute atomic E-state index is 12.7. The molecule has 11 heteroatoms. The number of carbonyl (C=O) groups excluding carboxylic acids is 1. The summed E-state index contributed by atoms with van der Waals surface area (Å²) in [4.78, 5) is 28.1. The molecular weight excluding hydrogens is 497 g/mol. The third-order valence-corrected chi connectivity index (χ3v) is 7.28. The lowest BCUT2D eigenvalue weighted by molar-refractivity contribution is -0.274. The molecule has 2 unspecified atom stereocenters. The van der Waals surface area contributed by atoms with Crippen LogP contribution in [-0.4, -0.2) is 47.4 Å². The van der Waals surface area contributed by atoms with Gasteiger partial charge >= 0.3 is 6.36 Å². The van der Waals surface area contributed by atoms with E-state index in [1.54, 1.807) is 13.1 Å². The number of ether oxygens (including phenoxy) is 1. The number of benzene rings is 1. The molecule has 0 radical (unpaired) electrons. The minimum absolute atomic E-state index is 0.0217. The smallest absolute Gasteiger partial charge is 0.406 e. The summed E-state index contributed by atoms with van der Waals surface area (Å²) in [6.07, 6.45) is 1.23. The highest BCUT2D eigenvalue weighted by molar-refractivity contribution is 5.78. The molecule has 2 atom stereocenters. The number of hydrogen-bond donors (Lipinski definition) is 2. The lowest BCUT2D eigenvalue weighted by Gasteiger charge is -2.37. The lowest BCUT2D eigenvalue weighted by Crippen LogP contribution is -2.38. The number of aromatic nitrogens is 3. The third-order valence-electron chi connectivity index (χ3n) is 7.28. The second-order valence-corrected chi connectivity index (χ2v) is 9.93. The van der Waals surface area contributed by atoms with Crippen molar-refractivity contribution in [3.8, 4) is 17.1 Å². The molecular formula is C27H29F3N6O2. The Bertz CT molecular complexity index is 1290. The van der Waals surface area contributed by atoms with Crippen molar-refractivity contribution in [3.05, 3.63) is 54.7 Å². The molecule has 2 fully saturated rings. The molecule has 1 aromatic carbocycles. The molecule has 1 amide bonds. The number of anilines is 3. The molecule has 1 aliphatic carbocycles. The van der Waals surface area contributed by atoms with Gasteiger partial charge < -0.3 is 20.3 Å². The van der Waals surface area contributed by atoms with E-state index >= 15 is 0 Å². The van der Waals surface area contributed by atoms with Gasteiger partial charge in [0, 0.05) is 49.9 Å². The number of alkyl halides is 3.